The number of carbonyl (C=O) groups is 1. The van der Waals surface area contributed by atoms with Gasteiger partial charge in [-0.25, -0.2) is 18.1 Å². The van der Waals surface area contributed by atoms with E-state index in [4.69, 9.17) is 5.26 Å². The van der Waals surface area contributed by atoms with Crippen molar-refractivity contribution in [1.29, 1.82) is 5.26 Å². The monoisotopic (exact) mass is 454 g/mol. The maximum atomic E-state index is 12.3. The van der Waals surface area contributed by atoms with Gasteiger partial charge in [-0.2, -0.15) is 5.26 Å². The highest BCUT2D eigenvalue weighted by molar-refractivity contribution is 7.89. The SMILES string of the molecule is Cc1sc(N(CCc2cccc(C#N)c2)Cc2ccccc2)nc1C(=O)NS(C)(=O)=O. The predicted octanol–water partition coefficient (Wildman–Crippen LogP) is 3.26. The van der Waals surface area contributed by atoms with Crippen molar-refractivity contribution in [2.45, 2.75) is 19.9 Å². The molecule has 0 unspecified atom stereocenters. The van der Waals surface area contributed by atoms with Gasteiger partial charge in [-0.3, -0.25) is 4.79 Å². The van der Waals surface area contributed by atoms with Crippen molar-refractivity contribution in [1.82, 2.24) is 9.71 Å². The maximum Gasteiger partial charge on any atom is 0.284 e. The van der Waals surface area contributed by atoms with Crippen LogP contribution in [0.2, 0.25) is 0 Å². The molecule has 1 aromatic heterocycles. The number of hydrogen-bond acceptors (Lipinski definition) is 7. The molecule has 1 N–H and O–H groups in total. The first-order chi connectivity index (χ1) is 14.7. The van der Waals surface area contributed by atoms with Gasteiger partial charge in [0.1, 0.15) is 5.69 Å². The minimum atomic E-state index is -3.68. The molecule has 0 saturated carbocycles. The van der Waals surface area contributed by atoms with Crippen molar-refractivity contribution in [3.8, 4) is 6.07 Å². The highest BCUT2D eigenvalue weighted by atomic mass is 32.2. The van der Waals surface area contributed by atoms with E-state index in [-0.39, 0.29) is 5.69 Å². The molecule has 160 valence electrons. The molecule has 0 spiro atoms. The van der Waals surface area contributed by atoms with Crippen LogP contribution in [0.1, 0.15) is 32.1 Å². The molecule has 0 aliphatic rings. The fraction of sp³-hybridized carbons (Fsp3) is 0.227. The van der Waals surface area contributed by atoms with E-state index in [2.05, 4.69) is 16.0 Å². The van der Waals surface area contributed by atoms with Crippen molar-refractivity contribution in [3.63, 3.8) is 0 Å². The molecule has 1 heterocycles. The molecule has 1 amide bonds. The first kappa shape index (κ1) is 22.5. The van der Waals surface area contributed by atoms with Crippen molar-refractivity contribution in [2.75, 3.05) is 17.7 Å². The van der Waals surface area contributed by atoms with Crippen LogP contribution in [0.15, 0.2) is 54.6 Å². The number of nitrogens with zero attached hydrogens (tertiary/aromatic N) is 3. The number of thiazole rings is 1. The third-order valence-corrected chi connectivity index (χ3v) is 6.08. The summed E-state index contributed by atoms with van der Waals surface area (Å²) in [5, 5.41) is 9.76. The van der Waals surface area contributed by atoms with E-state index >= 15 is 0 Å². The smallest absolute Gasteiger partial charge is 0.284 e. The van der Waals surface area contributed by atoms with E-state index < -0.39 is 15.9 Å². The van der Waals surface area contributed by atoms with Gasteiger partial charge in [0.15, 0.2) is 5.13 Å². The minimum absolute atomic E-state index is 0.106. The lowest BCUT2D eigenvalue weighted by molar-refractivity contribution is 0.0977. The van der Waals surface area contributed by atoms with Crippen molar-refractivity contribution >= 4 is 32.4 Å². The Morgan fingerprint density at radius 1 is 1.16 bits per heavy atom. The lowest BCUT2D eigenvalue weighted by Gasteiger charge is -2.22. The van der Waals surface area contributed by atoms with E-state index in [1.807, 2.05) is 53.3 Å². The maximum absolute atomic E-state index is 12.3. The number of benzene rings is 2. The fourth-order valence-electron chi connectivity index (χ4n) is 3.05. The number of aromatic nitrogens is 1. The molecule has 7 nitrogen and oxygen atoms in total. The Morgan fingerprint density at radius 2 is 1.87 bits per heavy atom. The summed E-state index contributed by atoms with van der Waals surface area (Å²) in [5.74, 6) is -0.733. The third kappa shape index (κ3) is 6.38. The van der Waals surface area contributed by atoms with E-state index in [1.165, 1.54) is 11.3 Å². The van der Waals surface area contributed by atoms with Crippen molar-refractivity contribution in [3.05, 3.63) is 81.9 Å². The molecule has 0 atom stereocenters. The van der Waals surface area contributed by atoms with Gasteiger partial charge in [0.25, 0.3) is 5.91 Å². The first-order valence-corrected chi connectivity index (χ1v) is 12.2. The first-order valence-electron chi connectivity index (χ1n) is 9.52. The molecule has 0 bridgehead atoms. The second kappa shape index (κ2) is 9.73. The van der Waals surface area contributed by atoms with Gasteiger partial charge in [0.2, 0.25) is 10.0 Å². The Labute approximate surface area is 186 Å². The van der Waals surface area contributed by atoms with Gasteiger partial charge in [-0.15, -0.1) is 11.3 Å². The zero-order valence-electron chi connectivity index (χ0n) is 17.2. The molecule has 0 aliphatic heterocycles. The summed E-state index contributed by atoms with van der Waals surface area (Å²) in [6, 6.07) is 19.5. The normalized spacial score (nSPS) is 11.0. The number of carbonyl (C=O) groups excluding carboxylic acids is 1. The second-order valence-electron chi connectivity index (χ2n) is 7.07. The molecule has 0 fully saturated rings. The Balaban J connectivity index is 1.86. The molecular weight excluding hydrogens is 432 g/mol. The molecule has 3 rings (SSSR count). The molecule has 0 saturated heterocycles. The van der Waals surface area contributed by atoms with E-state index in [9.17, 15) is 13.2 Å². The van der Waals surface area contributed by atoms with E-state index in [0.29, 0.717) is 35.1 Å². The van der Waals surface area contributed by atoms with Gasteiger partial charge in [-0.1, -0.05) is 42.5 Å². The van der Waals surface area contributed by atoms with Crippen LogP contribution in [0.25, 0.3) is 0 Å². The summed E-state index contributed by atoms with van der Waals surface area (Å²) >= 11 is 1.35. The van der Waals surface area contributed by atoms with Gasteiger partial charge in [0, 0.05) is 18.0 Å². The van der Waals surface area contributed by atoms with Crippen molar-refractivity contribution in [2.24, 2.45) is 0 Å². The van der Waals surface area contributed by atoms with Crippen LogP contribution in [0.5, 0.6) is 0 Å². The Kier molecular flexibility index (Phi) is 7.05. The molecule has 3 aromatic rings. The number of nitriles is 1. The lowest BCUT2D eigenvalue weighted by atomic mass is 10.1. The van der Waals surface area contributed by atoms with Gasteiger partial charge >= 0.3 is 0 Å². The molecule has 2 aromatic carbocycles. The number of hydrogen-bond donors (Lipinski definition) is 1. The summed E-state index contributed by atoms with van der Waals surface area (Å²) in [5.41, 5.74) is 2.83. The number of sulfonamides is 1. The van der Waals surface area contributed by atoms with Crippen LogP contribution < -0.4 is 9.62 Å². The third-order valence-electron chi connectivity index (χ3n) is 4.49. The average molecular weight is 455 g/mol. The summed E-state index contributed by atoms with van der Waals surface area (Å²) in [7, 11) is -3.68. The molecular formula is C22H22N4O3S2. The van der Waals surface area contributed by atoms with E-state index in [0.717, 1.165) is 17.4 Å². The Hall–Kier alpha value is -3.22. The van der Waals surface area contributed by atoms with Crippen LogP contribution in [0.4, 0.5) is 5.13 Å². The second-order valence-corrected chi connectivity index (χ2v) is 10.0. The average Bonchev–Trinajstić information content (AvgIpc) is 3.12. The lowest BCUT2D eigenvalue weighted by Crippen LogP contribution is -2.30. The highest BCUT2D eigenvalue weighted by Crippen LogP contribution is 2.27. The van der Waals surface area contributed by atoms with Crippen LogP contribution in [-0.4, -0.2) is 32.1 Å². The van der Waals surface area contributed by atoms with Crippen molar-refractivity contribution < 1.29 is 13.2 Å². The quantitative estimate of drug-likeness (QED) is 0.560. The summed E-state index contributed by atoms with van der Waals surface area (Å²) in [6.45, 7) is 2.94. The molecule has 9 heteroatoms. The largest absolute Gasteiger partial charge is 0.343 e. The highest BCUT2D eigenvalue weighted by Gasteiger charge is 2.21. The number of rotatable bonds is 8. The van der Waals surface area contributed by atoms with Crippen LogP contribution >= 0.6 is 11.3 Å². The summed E-state index contributed by atoms with van der Waals surface area (Å²) in [4.78, 5) is 19.5. The molecule has 31 heavy (non-hydrogen) atoms. The number of nitrogens with one attached hydrogen (secondary N) is 1. The number of amides is 1. The van der Waals surface area contributed by atoms with Crippen LogP contribution in [0, 0.1) is 18.3 Å². The topological polar surface area (TPSA) is 103 Å². The Morgan fingerprint density at radius 3 is 2.55 bits per heavy atom. The zero-order chi connectivity index (χ0) is 22.4. The van der Waals surface area contributed by atoms with Gasteiger partial charge in [-0.05, 0) is 36.6 Å². The summed E-state index contributed by atoms with van der Waals surface area (Å²) in [6.07, 6.45) is 1.62. The van der Waals surface area contributed by atoms with Gasteiger partial charge in [0.05, 0.1) is 17.9 Å². The minimum Gasteiger partial charge on any atom is -0.343 e. The molecule has 0 radical (unpaired) electrons. The number of aryl methyl sites for hydroxylation is 1. The number of anilines is 1. The molecule has 0 aliphatic carbocycles. The standard InChI is InChI=1S/C22H22N4O3S2/c1-16-20(21(27)25-31(2,28)29)24-22(30-16)26(15-18-7-4-3-5-8-18)12-11-17-9-6-10-19(13-17)14-23/h3-10,13H,11-12,15H2,1-2H3,(H,25,27). The van der Waals surface area contributed by atoms with E-state index in [1.54, 1.807) is 13.0 Å². The summed E-state index contributed by atoms with van der Waals surface area (Å²) < 4.78 is 24.8. The van der Waals surface area contributed by atoms with Crippen LogP contribution in [0.3, 0.4) is 0 Å². The Bertz CT molecular complexity index is 1220. The van der Waals surface area contributed by atoms with Crippen LogP contribution in [-0.2, 0) is 23.0 Å². The van der Waals surface area contributed by atoms with Gasteiger partial charge < -0.3 is 4.90 Å². The zero-order valence-corrected chi connectivity index (χ0v) is 18.8. The fourth-order valence-corrected chi connectivity index (χ4v) is 4.42. The predicted molar refractivity (Wildman–Crippen MR) is 122 cm³/mol.